The molecule has 1 saturated heterocycles. The second kappa shape index (κ2) is 6.22. The van der Waals surface area contributed by atoms with E-state index in [9.17, 15) is 4.79 Å². The fourth-order valence-electron chi connectivity index (χ4n) is 2.71. The number of benzene rings is 1. The number of aryl methyl sites for hydroxylation is 1. The van der Waals surface area contributed by atoms with Gasteiger partial charge in [-0.15, -0.1) is 0 Å². The minimum atomic E-state index is 0.135. The molecule has 2 N–H and O–H groups in total. The van der Waals surface area contributed by atoms with Gasteiger partial charge in [-0.25, -0.2) is 0 Å². The van der Waals surface area contributed by atoms with Crippen molar-refractivity contribution >= 4 is 28.5 Å². The molecular weight excluding hydrogens is 351 g/mol. The van der Waals surface area contributed by atoms with Gasteiger partial charge >= 0.3 is 0 Å². The van der Waals surface area contributed by atoms with Crippen molar-refractivity contribution in [3.63, 3.8) is 0 Å². The molecule has 0 aromatic heterocycles. The van der Waals surface area contributed by atoms with Crippen LogP contribution in [0.1, 0.15) is 35.7 Å². The molecule has 2 unspecified atom stereocenters. The van der Waals surface area contributed by atoms with Gasteiger partial charge in [-0.2, -0.15) is 0 Å². The van der Waals surface area contributed by atoms with E-state index in [1.807, 2.05) is 30.0 Å². The van der Waals surface area contributed by atoms with Crippen molar-refractivity contribution in [2.75, 3.05) is 13.1 Å². The Morgan fingerprint density at radius 2 is 2.26 bits per heavy atom. The topological polar surface area (TPSA) is 46.3 Å². The third-order valence-corrected chi connectivity index (χ3v) is 5.37. The summed E-state index contributed by atoms with van der Waals surface area (Å²) in [5.74, 6) is 0.796. The zero-order chi connectivity index (χ0) is 14.0. The Hall–Kier alpha value is -0.620. The molecule has 104 valence electrons. The SMILES string of the molecule is Cc1cccc(C(=O)N2CCC(C)CC2CN)c1I. The first-order valence-electron chi connectivity index (χ1n) is 6.80. The molecule has 2 atom stereocenters. The van der Waals surface area contributed by atoms with Gasteiger partial charge in [-0.1, -0.05) is 19.1 Å². The monoisotopic (exact) mass is 372 g/mol. The van der Waals surface area contributed by atoms with Gasteiger partial charge in [0.2, 0.25) is 0 Å². The van der Waals surface area contributed by atoms with E-state index in [1.54, 1.807) is 0 Å². The Bertz CT molecular complexity index is 475. The minimum absolute atomic E-state index is 0.135. The smallest absolute Gasteiger partial charge is 0.255 e. The molecule has 1 aromatic carbocycles. The maximum Gasteiger partial charge on any atom is 0.255 e. The van der Waals surface area contributed by atoms with Gasteiger partial charge < -0.3 is 10.6 Å². The summed E-state index contributed by atoms with van der Waals surface area (Å²) in [6.07, 6.45) is 2.09. The standard InChI is InChI=1S/C15H21IN2O/c1-10-6-7-18(12(8-10)9-17)15(19)13-5-3-4-11(2)14(13)16/h3-5,10,12H,6-9,17H2,1-2H3. The predicted molar refractivity (Wildman–Crippen MR) is 86.2 cm³/mol. The van der Waals surface area contributed by atoms with Crippen molar-refractivity contribution in [3.8, 4) is 0 Å². The van der Waals surface area contributed by atoms with Gasteiger partial charge in [0.1, 0.15) is 0 Å². The van der Waals surface area contributed by atoms with E-state index in [0.29, 0.717) is 12.5 Å². The van der Waals surface area contributed by atoms with Crippen LogP contribution < -0.4 is 5.73 Å². The predicted octanol–water partition coefficient (Wildman–Crippen LogP) is 2.80. The first-order chi connectivity index (χ1) is 9.04. The maximum atomic E-state index is 12.7. The van der Waals surface area contributed by atoms with E-state index in [1.165, 1.54) is 0 Å². The lowest BCUT2D eigenvalue weighted by Crippen LogP contribution is -2.49. The molecule has 19 heavy (non-hydrogen) atoms. The molecule has 4 heteroatoms. The summed E-state index contributed by atoms with van der Waals surface area (Å²) in [5, 5.41) is 0. The third-order valence-electron chi connectivity index (χ3n) is 3.93. The number of hydrogen-bond donors (Lipinski definition) is 1. The lowest BCUT2D eigenvalue weighted by Gasteiger charge is -2.38. The zero-order valence-electron chi connectivity index (χ0n) is 11.5. The quantitative estimate of drug-likeness (QED) is 0.812. The largest absolute Gasteiger partial charge is 0.334 e. The number of hydrogen-bond acceptors (Lipinski definition) is 2. The van der Waals surface area contributed by atoms with E-state index < -0.39 is 0 Å². The van der Waals surface area contributed by atoms with E-state index in [0.717, 1.165) is 34.1 Å². The van der Waals surface area contributed by atoms with Gasteiger partial charge in [-0.3, -0.25) is 4.79 Å². The number of piperidine rings is 1. The van der Waals surface area contributed by atoms with Crippen LogP contribution in [0.3, 0.4) is 0 Å². The molecule has 1 amide bonds. The summed E-state index contributed by atoms with van der Waals surface area (Å²) < 4.78 is 1.06. The summed E-state index contributed by atoms with van der Waals surface area (Å²) in [6.45, 7) is 5.66. The highest BCUT2D eigenvalue weighted by atomic mass is 127. The van der Waals surface area contributed by atoms with Crippen LogP contribution in [-0.2, 0) is 0 Å². The second-order valence-electron chi connectivity index (χ2n) is 5.45. The molecule has 0 saturated carbocycles. The van der Waals surface area contributed by atoms with Crippen LogP contribution in [0, 0.1) is 16.4 Å². The van der Waals surface area contributed by atoms with Gasteiger partial charge in [-0.05, 0) is 59.9 Å². The van der Waals surface area contributed by atoms with E-state index >= 15 is 0 Å². The summed E-state index contributed by atoms with van der Waals surface area (Å²) in [5.41, 5.74) is 7.81. The van der Waals surface area contributed by atoms with E-state index in [-0.39, 0.29) is 11.9 Å². The highest BCUT2D eigenvalue weighted by Crippen LogP contribution is 2.25. The summed E-state index contributed by atoms with van der Waals surface area (Å²) in [6, 6.07) is 6.10. The Labute approximate surface area is 128 Å². The first-order valence-corrected chi connectivity index (χ1v) is 7.88. The van der Waals surface area contributed by atoms with Crippen LogP contribution >= 0.6 is 22.6 Å². The van der Waals surface area contributed by atoms with Crippen LogP contribution in [0.5, 0.6) is 0 Å². The lowest BCUT2D eigenvalue weighted by atomic mass is 9.92. The Kier molecular flexibility index (Phi) is 4.84. The van der Waals surface area contributed by atoms with Crippen molar-refractivity contribution in [2.24, 2.45) is 11.7 Å². The van der Waals surface area contributed by atoms with Gasteiger partial charge in [0, 0.05) is 22.7 Å². The van der Waals surface area contributed by atoms with Gasteiger partial charge in [0.15, 0.2) is 0 Å². The van der Waals surface area contributed by atoms with Crippen LogP contribution in [-0.4, -0.2) is 29.9 Å². The fourth-order valence-corrected chi connectivity index (χ4v) is 3.30. The number of carbonyl (C=O) groups is 1. The number of amides is 1. The van der Waals surface area contributed by atoms with Gasteiger partial charge in [0.05, 0.1) is 5.56 Å². The van der Waals surface area contributed by atoms with Crippen molar-refractivity contribution < 1.29 is 4.79 Å². The van der Waals surface area contributed by atoms with Gasteiger partial charge in [0.25, 0.3) is 5.91 Å². The van der Waals surface area contributed by atoms with E-state index in [4.69, 9.17) is 5.73 Å². The third kappa shape index (κ3) is 3.11. The number of likely N-dealkylation sites (tertiary alicyclic amines) is 1. The molecule has 1 aromatic rings. The zero-order valence-corrected chi connectivity index (χ0v) is 13.7. The molecule has 0 spiro atoms. The van der Waals surface area contributed by atoms with Crippen LogP contribution in [0.15, 0.2) is 18.2 Å². The van der Waals surface area contributed by atoms with Crippen LogP contribution in [0.2, 0.25) is 0 Å². The van der Waals surface area contributed by atoms with Crippen molar-refractivity contribution in [2.45, 2.75) is 32.7 Å². The molecule has 0 bridgehead atoms. The van der Waals surface area contributed by atoms with Crippen molar-refractivity contribution in [1.82, 2.24) is 4.90 Å². The van der Waals surface area contributed by atoms with Crippen molar-refractivity contribution in [1.29, 1.82) is 0 Å². The highest BCUT2D eigenvalue weighted by molar-refractivity contribution is 14.1. The van der Waals surface area contributed by atoms with E-state index in [2.05, 4.69) is 29.5 Å². The number of rotatable bonds is 2. The average molecular weight is 372 g/mol. The first kappa shape index (κ1) is 14.8. The molecular formula is C15H21IN2O. The Morgan fingerprint density at radius 3 is 2.95 bits per heavy atom. The number of nitrogens with two attached hydrogens (primary N) is 1. The molecule has 1 aliphatic heterocycles. The van der Waals surface area contributed by atoms with Crippen molar-refractivity contribution in [3.05, 3.63) is 32.9 Å². The number of nitrogens with zero attached hydrogens (tertiary/aromatic N) is 1. The number of halogens is 1. The second-order valence-corrected chi connectivity index (χ2v) is 6.53. The summed E-state index contributed by atoms with van der Waals surface area (Å²) >= 11 is 2.26. The molecule has 1 heterocycles. The summed E-state index contributed by atoms with van der Waals surface area (Å²) in [7, 11) is 0. The molecule has 3 nitrogen and oxygen atoms in total. The van der Waals surface area contributed by atoms with Crippen LogP contribution in [0.4, 0.5) is 0 Å². The molecule has 2 rings (SSSR count). The normalized spacial score (nSPS) is 23.5. The Balaban J connectivity index is 2.25. The minimum Gasteiger partial charge on any atom is -0.334 e. The van der Waals surface area contributed by atoms with Crippen LogP contribution in [0.25, 0.3) is 0 Å². The lowest BCUT2D eigenvalue weighted by molar-refractivity contribution is 0.0572. The summed E-state index contributed by atoms with van der Waals surface area (Å²) in [4.78, 5) is 14.7. The highest BCUT2D eigenvalue weighted by Gasteiger charge is 2.30. The average Bonchev–Trinajstić information content (AvgIpc) is 2.41. The maximum absolute atomic E-state index is 12.7. The molecule has 1 aliphatic rings. The fraction of sp³-hybridized carbons (Fsp3) is 0.533. The molecule has 0 aliphatic carbocycles. The molecule has 1 fully saturated rings. The Morgan fingerprint density at radius 1 is 1.53 bits per heavy atom. The number of carbonyl (C=O) groups excluding carboxylic acids is 1. The molecule has 0 radical (unpaired) electrons.